The third-order valence-electron chi connectivity index (χ3n) is 5.08. The summed E-state index contributed by atoms with van der Waals surface area (Å²) in [6.45, 7) is 6.87. The van der Waals surface area contributed by atoms with E-state index < -0.39 is 0 Å². The molecular formula is C18H29NO. The number of likely N-dealkylation sites (N-methyl/N-ethyl adjacent to an activating group) is 1. The standard InChI is InChI=1S/C18H29NO/c1-14-6-8-15(9-7-14)16(19-4)18(20-5)12-10-17(2,3)11-13-18/h6-9,16,19H,10-13H2,1-5H3. The van der Waals surface area contributed by atoms with Gasteiger partial charge in [0.15, 0.2) is 0 Å². The molecule has 0 radical (unpaired) electrons. The van der Waals surface area contributed by atoms with E-state index in [1.165, 1.54) is 24.0 Å². The minimum absolute atomic E-state index is 0.0699. The Kier molecular flexibility index (Phi) is 4.55. The van der Waals surface area contributed by atoms with Gasteiger partial charge in [0.25, 0.3) is 0 Å². The molecule has 0 spiro atoms. The SMILES string of the molecule is CNC(c1ccc(C)cc1)C1(OC)CCC(C)(C)CC1. The van der Waals surface area contributed by atoms with E-state index in [1.807, 2.05) is 14.2 Å². The highest BCUT2D eigenvalue weighted by Gasteiger charge is 2.44. The summed E-state index contributed by atoms with van der Waals surface area (Å²) in [7, 11) is 3.92. The van der Waals surface area contributed by atoms with Crippen molar-refractivity contribution in [3.05, 3.63) is 35.4 Å². The summed E-state index contributed by atoms with van der Waals surface area (Å²) in [5.41, 5.74) is 3.02. The maximum atomic E-state index is 6.05. The van der Waals surface area contributed by atoms with E-state index in [4.69, 9.17) is 4.74 Å². The molecule has 0 heterocycles. The number of aryl methyl sites for hydroxylation is 1. The van der Waals surface area contributed by atoms with Crippen molar-refractivity contribution in [1.29, 1.82) is 0 Å². The van der Waals surface area contributed by atoms with Crippen LogP contribution in [0.5, 0.6) is 0 Å². The average Bonchev–Trinajstić information content (AvgIpc) is 2.44. The number of ether oxygens (including phenoxy) is 1. The summed E-state index contributed by atoms with van der Waals surface area (Å²) in [5, 5.41) is 3.50. The lowest BCUT2D eigenvalue weighted by atomic mass is 9.67. The summed E-state index contributed by atoms with van der Waals surface area (Å²) in [5.74, 6) is 0. The Hall–Kier alpha value is -0.860. The van der Waals surface area contributed by atoms with Gasteiger partial charge in [0, 0.05) is 7.11 Å². The summed E-state index contributed by atoms with van der Waals surface area (Å²) >= 11 is 0. The molecule has 20 heavy (non-hydrogen) atoms. The second-order valence-electron chi connectivity index (χ2n) is 7.07. The molecule has 1 N–H and O–H groups in total. The fourth-order valence-electron chi connectivity index (χ4n) is 3.45. The molecule has 1 fully saturated rings. The smallest absolute Gasteiger partial charge is 0.0872 e. The summed E-state index contributed by atoms with van der Waals surface area (Å²) < 4.78 is 6.05. The Labute approximate surface area is 123 Å². The van der Waals surface area contributed by atoms with E-state index in [2.05, 4.69) is 50.4 Å². The van der Waals surface area contributed by atoms with Gasteiger partial charge < -0.3 is 10.1 Å². The number of nitrogens with one attached hydrogen (secondary N) is 1. The number of hydrogen-bond acceptors (Lipinski definition) is 2. The van der Waals surface area contributed by atoms with Crippen LogP contribution in [0.4, 0.5) is 0 Å². The fourth-order valence-corrected chi connectivity index (χ4v) is 3.45. The quantitative estimate of drug-likeness (QED) is 0.887. The lowest BCUT2D eigenvalue weighted by Gasteiger charge is -2.47. The summed E-state index contributed by atoms with van der Waals surface area (Å²) in [6.07, 6.45) is 4.70. The molecule has 1 atom stereocenters. The third-order valence-corrected chi connectivity index (χ3v) is 5.08. The van der Waals surface area contributed by atoms with Gasteiger partial charge in [-0.05, 0) is 50.6 Å². The lowest BCUT2D eigenvalue weighted by molar-refractivity contribution is -0.0862. The maximum Gasteiger partial charge on any atom is 0.0872 e. The molecule has 2 heteroatoms. The Morgan fingerprint density at radius 2 is 1.60 bits per heavy atom. The van der Waals surface area contributed by atoms with Crippen molar-refractivity contribution in [2.24, 2.45) is 5.41 Å². The van der Waals surface area contributed by atoms with Crippen LogP contribution in [0.1, 0.15) is 56.7 Å². The first kappa shape index (κ1) is 15.5. The zero-order chi connectivity index (χ0) is 14.8. The number of rotatable bonds is 4. The molecule has 2 nitrogen and oxygen atoms in total. The molecule has 1 aliphatic rings. The first-order chi connectivity index (χ1) is 9.42. The van der Waals surface area contributed by atoms with Crippen molar-refractivity contribution in [2.75, 3.05) is 14.2 Å². The molecule has 1 aromatic rings. The van der Waals surface area contributed by atoms with Gasteiger partial charge >= 0.3 is 0 Å². The third kappa shape index (κ3) is 3.07. The number of hydrogen-bond donors (Lipinski definition) is 1. The van der Waals surface area contributed by atoms with Crippen molar-refractivity contribution in [1.82, 2.24) is 5.32 Å². The Balaban J connectivity index is 2.26. The van der Waals surface area contributed by atoms with Crippen LogP contribution in [0.2, 0.25) is 0 Å². The van der Waals surface area contributed by atoms with Gasteiger partial charge in [0.2, 0.25) is 0 Å². The molecule has 0 aromatic heterocycles. The van der Waals surface area contributed by atoms with Gasteiger partial charge in [-0.25, -0.2) is 0 Å². The van der Waals surface area contributed by atoms with Crippen LogP contribution in [-0.4, -0.2) is 19.8 Å². The Bertz CT molecular complexity index is 425. The zero-order valence-electron chi connectivity index (χ0n) is 13.6. The van der Waals surface area contributed by atoms with Gasteiger partial charge in [-0.15, -0.1) is 0 Å². The molecule has 1 aliphatic carbocycles. The van der Waals surface area contributed by atoms with E-state index in [0.29, 0.717) is 5.41 Å². The molecule has 1 unspecified atom stereocenters. The summed E-state index contributed by atoms with van der Waals surface area (Å²) in [4.78, 5) is 0. The number of benzene rings is 1. The van der Waals surface area contributed by atoms with Crippen molar-refractivity contribution in [3.63, 3.8) is 0 Å². The largest absolute Gasteiger partial charge is 0.376 e. The molecule has 2 rings (SSSR count). The molecule has 0 bridgehead atoms. The van der Waals surface area contributed by atoms with Crippen molar-refractivity contribution in [3.8, 4) is 0 Å². The van der Waals surface area contributed by atoms with Gasteiger partial charge in [0.05, 0.1) is 11.6 Å². The minimum atomic E-state index is -0.0699. The van der Waals surface area contributed by atoms with Crippen molar-refractivity contribution >= 4 is 0 Å². The van der Waals surface area contributed by atoms with Gasteiger partial charge in [-0.1, -0.05) is 43.7 Å². The average molecular weight is 275 g/mol. The second-order valence-corrected chi connectivity index (χ2v) is 7.07. The highest BCUT2D eigenvalue weighted by molar-refractivity contribution is 5.27. The van der Waals surface area contributed by atoms with Gasteiger partial charge in [-0.2, -0.15) is 0 Å². The molecule has 0 aliphatic heterocycles. The van der Waals surface area contributed by atoms with Crippen LogP contribution in [0, 0.1) is 12.3 Å². The van der Waals surface area contributed by atoms with E-state index >= 15 is 0 Å². The summed E-state index contributed by atoms with van der Waals surface area (Å²) in [6, 6.07) is 9.11. The van der Waals surface area contributed by atoms with E-state index in [0.717, 1.165) is 12.8 Å². The monoisotopic (exact) mass is 275 g/mol. The molecule has 0 saturated heterocycles. The molecule has 0 amide bonds. The Morgan fingerprint density at radius 1 is 1.05 bits per heavy atom. The lowest BCUT2D eigenvalue weighted by Crippen LogP contribution is -2.48. The highest BCUT2D eigenvalue weighted by atomic mass is 16.5. The van der Waals surface area contributed by atoms with Crippen molar-refractivity contribution < 1.29 is 4.74 Å². The van der Waals surface area contributed by atoms with E-state index in [-0.39, 0.29) is 11.6 Å². The molecule has 112 valence electrons. The minimum Gasteiger partial charge on any atom is -0.376 e. The van der Waals surface area contributed by atoms with Gasteiger partial charge in [-0.3, -0.25) is 0 Å². The first-order valence-electron chi connectivity index (χ1n) is 7.71. The van der Waals surface area contributed by atoms with E-state index in [9.17, 15) is 0 Å². The zero-order valence-corrected chi connectivity index (χ0v) is 13.6. The van der Waals surface area contributed by atoms with E-state index in [1.54, 1.807) is 0 Å². The van der Waals surface area contributed by atoms with Crippen LogP contribution in [0.3, 0.4) is 0 Å². The van der Waals surface area contributed by atoms with Crippen LogP contribution in [0.25, 0.3) is 0 Å². The van der Waals surface area contributed by atoms with Crippen LogP contribution in [0.15, 0.2) is 24.3 Å². The first-order valence-corrected chi connectivity index (χ1v) is 7.71. The topological polar surface area (TPSA) is 21.3 Å². The maximum absolute atomic E-state index is 6.05. The second kappa shape index (κ2) is 5.87. The molecular weight excluding hydrogens is 246 g/mol. The number of methoxy groups -OCH3 is 1. The van der Waals surface area contributed by atoms with Crippen LogP contribution in [-0.2, 0) is 4.74 Å². The predicted molar refractivity (Wildman–Crippen MR) is 85.0 cm³/mol. The molecule has 1 saturated carbocycles. The molecule has 1 aromatic carbocycles. The normalized spacial score (nSPS) is 22.4. The highest BCUT2D eigenvalue weighted by Crippen LogP contribution is 2.47. The van der Waals surface area contributed by atoms with Crippen LogP contribution < -0.4 is 5.32 Å². The van der Waals surface area contributed by atoms with Crippen LogP contribution >= 0.6 is 0 Å². The fraction of sp³-hybridized carbons (Fsp3) is 0.667. The van der Waals surface area contributed by atoms with Crippen molar-refractivity contribution in [2.45, 2.75) is 58.1 Å². The predicted octanol–water partition coefficient (Wildman–Crippen LogP) is 4.24. The Morgan fingerprint density at radius 3 is 2.05 bits per heavy atom. The van der Waals surface area contributed by atoms with Gasteiger partial charge in [0.1, 0.15) is 0 Å².